The lowest BCUT2D eigenvalue weighted by Crippen LogP contribution is -2.24. The molecule has 0 spiro atoms. The van der Waals surface area contributed by atoms with Crippen molar-refractivity contribution in [2.24, 2.45) is 0 Å². The Bertz CT molecular complexity index is 974. The molecule has 25 heavy (non-hydrogen) atoms. The number of nitrogens with zero attached hydrogens (tertiary/aromatic N) is 3. The van der Waals surface area contributed by atoms with Crippen LogP contribution in [0.25, 0.3) is 11.5 Å². The number of rotatable bonds is 6. The molecule has 2 heterocycles. The van der Waals surface area contributed by atoms with Gasteiger partial charge in [-0.3, -0.25) is 0 Å². The molecule has 0 aliphatic carbocycles. The van der Waals surface area contributed by atoms with Crippen molar-refractivity contribution in [3.8, 4) is 17.2 Å². The summed E-state index contributed by atoms with van der Waals surface area (Å²) in [5.74, 6) is 1.15. The van der Waals surface area contributed by atoms with Crippen molar-refractivity contribution in [1.82, 2.24) is 20.1 Å². The molecule has 3 rings (SSSR count). The van der Waals surface area contributed by atoms with E-state index >= 15 is 0 Å². The number of hydrogen-bond donors (Lipinski definition) is 1. The van der Waals surface area contributed by atoms with E-state index in [2.05, 4.69) is 20.1 Å². The maximum Gasteiger partial charge on any atom is 0.251 e. The number of ether oxygens (including phenoxy) is 1. The van der Waals surface area contributed by atoms with Crippen molar-refractivity contribution >= 4 is 10.0 Å². The third-order valence-electron chi connectivity index (χ3n) is 3.45. The first-order valence-electron chi connectivity index (χ1n) is 7.30. The predicted octanol–water partition coefficient (Wildman–Crippen LogP) is 1.83. The van der Waals surface area contributed by atoms with Crippen LogP contribution in [0, 0.1) is 13.8 Å². The van der Waals surface area contributed by atoms with Crippen LogP contribution < -0.4 is 9.46 Å². The van der Waals surface area contributed by atoms with Gasteiger partial charge < -0.3 is 13.7 Å². The normalized spacial score (nSPS) is 11.6. The molecule has 1 aromatic carbocycles. The molecule has 0 unspecified atom stereocenters. The van der Waals surface area contributed by atoms with E-state index in [0.717, 1.165) is 0 Å². The van der Waals surface area contributed by atoms with Gasteiger partial charge in [0.05, 0.1) is 19.2 Å². The molecule has 132 valence electrons. The van der Waals surface area contributed by atoms with Crippen LogP contribution in [0.2, 0.25) is 0 Å². The van der Waals surface area contributed by atoms with Crippen molar-refractivity contribution in [2.75, 3.05) is 7.11 Å². The van der Waals surface area contributed by atoms with E-state index in [0.29, 0.717) is 11.3 Å². The summed E-state index contributed by atoms with van der Waals surface area (Å²) in [7, 11) is -2.27. The fourth-order valence-corrected chi connectivity index (χ4v) is 3.64. The number of sulfonamides is 1. The van der Waals surface area contributed by atoms with Crippen LogP contribution in [-0.2, 0) is 16.6 Å². The quantitative estimate of drug-likeness (QED) is 0.703. The Balaban J connectivity index is 1.78. The number of nitrogens with one attached hydrogen (secondary N) is 1. The van der Waals surface area contributed by atoms with Gasteiger partial charge in [0.15, 0.2) is 5.76 Å². The second-order valence-corrected chi connectivity index (χ2v) is 6.88. The zero-order chi connectivity index (χ0) is 18.0. The minimum atomic E-state index is -3.80. The van der Waals surface area contributed by atoms with Crippen LogP contribution in [-0.4, -0.2) is 30.9 Å². The van der Waals surface area contributed by atoms with E-state index in [1.807, 2.05) is 12.1 Å². The molecule has 9 nitrogen and oxygen atoms in total. The van der Waals surface area contributed by atoms with Crippen LogP contribution in [0.15, 0.2) is 38.1 Å². The van der Waals surface area contributed by atoms with Crippen LogP contribution >= 0.6 is 0 Å². The van der Waals surface area contributed by atoms with Gasteiger partial charge in [0.1, 0.15) is 16.3 Å². The van der Waals surface area contributed by atoms with E-state index in [1.165, 1.54) is 14.0 Å². The molecule has 0 saturated heterocycles. The van der Waals surface area contributed by atoms with Crippen LogP contribution in [0.4, 0.5) is 0 Å². The van der Waals surface area contributed by atoms with Gasteiger partial charge in [0.25, 0.3) is 5.89 Å². The summed E-state index contributed by atoms with van der Waals surface area (Å²) in [6, 6.07) is 7.16. The predicted molar refractivity (Wildman–Crippen MR) is 86.3 cm³/mol. The highest BCUT2D eigenvalue weighted by Gasteiger charge is 2.24. The molecule has 1 N–H and O–H groups in total. The SMILES string of the molecule is COc1ccccc1-c1nnc(CNS(=O)(=O)c2c(C)noc2C)o1. The Morgan fingerprint density at radius 1 is 1.20 bits per heavy atom. The molecule has 0 bridgehead atoms. The molecule has 0 aliphatic rings. The Kier molecular flexibility index (Phi) is 4.55. The van der Waals surface area contributed by atoms with Gasteiger partial charge in [-0.25, -0.2) is 13.1 Å². The van der Waals surface area contributed by atoms with E-state index < -0.39 is 10.0 Å². The van der Waals surface area contributed by atoms with E-state index in [4.69, 9.17) is 13.7 Å². The number of para-hydroxylation sites is 1. The molecule has 0 saturated carbocycles. The highest BCUT2D eigenvalue weighted by atomic mass is 32.2. The standard InChI is InChI=1S/C15H16N4O5S/c1-9-14(10(2)24-19-9)25(20,21)16-8-13-17-18-15(23-13)11-6-4-5-7-12(11)22-3/h4-7,16H,8H2,1-3H3. The lowest BCUT2D eigenvalue weighted by Gasteiger charge is -2.04. The average Bonchev–Trinajstić information content (AvgIpc) is 3.20. The van der Waals surface area contributed by atoms with Gasteiger partial charge >= 0.3 is 0 Å². The minimum Gasteiger partial charge on any atom is -0.496 e. The summed E-state index contributed by atoms with van der Waals surface area (Å²) in [5.41, 5.74) is 0.905. The van der Waals surface area contributed by atoms with Crippen molar-refractivity contribution < 1.29 is 22.1 Å². The van der Waals surface area contributed by atoms with E-state index in [9.17, 15) is 8.42 Å². The average molecular weight is 364 g/mol. The highest BCUT2D eigenvalue weighted by Crippen LogP contribution is 2.28. The monoisotopic (exact) mass is 364 g/mol. The first-order chi connectivity index (χ1) is 11.9. The van der Waals surface area contributed by atoms with Crippen LogP contribution in [0.5, 0.6) is 5.75 Å². The Labute approximate surface area is 144 Å². The molecule has 0 amide bonds. The summed E-state index contributed by atoms with van der Waals surface area (Å²) < 4.78 is 42.8. The number of aromatic nitrogens is 3. The fourth-order valence-electron chi connectivity index (χ4n) is 2.34. The van der Waals surface area contributed by atoms with Crippen LogP contribution in [0.3, 0.4) is 0 Å². The summed E-state index contributed by atoms with van der Waals surface area (Å²) >= 11 is 0. The molecule has 3 aromatic rings. The molecule has 0 atom stereocenters. The van der Waals surface area contributed by atoms with Crippen LogP contribution in [0.1, 0.15) is 17.3 Å². The second-order valence-electron chi connectivity index (χ2n) is 5.18. The third-order valence-corrected chi connectivity index (χ3v) is 5.10. The lowest BCUT2D eigenvalue weighted by molar-refractivity contribution is 0.390. The fraction of sp³-hybridized carbons (Fsp3) is 0.267. The first-order valence-corrected chi connectivity index (χ1v) is 8.79. The summed E-state index contributed by atoms with van der Waals surface area (Å²) in [6.07, 6.45) is 0. The maximum absolute atomic E-state index is 12.4. The minimum absolute atomic E-state index is 0.0111. The third kappa shape index (κ3) is 3.39. The summed E-state index contributed by atoms with van der Waals surface area (Å²) in [5, 5.41) is 11.4. The molecular formula is C15H16N4O5S. The van der Waals surface area contributed by atoms with Gasteiger partial charge in [-0.2, -0.15) is 0 Å². The zero-order valence-electron chi connectivity index (χ0n) is 13.8. The second kappa shape index (κ2) is 6.65. The van der Waals surface area contributed by atoms with Crippen molar-refractivity contribution in [3.05, 3.63) is 41.6 Å². The Morgan fingerprint density at radius 2 is 1.96 bits per heavy atom. The Hall–Kier alpha value is -2.72. The topological polar surface area (TPSA) is 120 Å². The van der Waals surface area contributed by atoms with Gasteiger partial charge in [0, 0.05) is 0 Å². The lowest BCUT2D eigenvalue weighted by atomic mass is 10.2. The molecule has 0 radical (unpaired) electrons. The number of benzene rings is 1. The van der Waals surface area contributed by atoms with Crippen molar-refractivity contribution in [3.63, 3.8) is 0 Å². The van der Waals surface area contributed by atoms with Gasteiger partial charge in [-0.1, -0.05) is 17.3 Å². The summed E-state index contributed by atoms with van der Waals surface area (Å²) in [6.45, 7) is 2.92. The van der Waals surface area contributed by atoms with Crippen molar-refractivity contribution in [1.29, 1.82) is 0 Å². The van der Waals surface area contributed by atoms with Gasteiger partial charge in [-0.05, 0) is 26.0 Å². The molecule has 0 aliphatic heterocycles. The summed E-state index contributed by atoms with van der Waals surface area (Å²) in [4.78, 5) is 0.0111. The highest BCUT2D eigenvalue weighted by molar-refractivity contribution is 7.89. The molecule has 2 aromatic heterocycles. The Morgan fingerprint density at radius 3 is 2.64 bits per heavy atom. The van der Waals surface area contributed by atoms with E-state index in [1.54, 1.807) is 19.1 Å². The largest absolute Gasteiger partial charge is 0.496 e. The molecule has 0 fully saturated rings. The smallest absolute Gasteiger partial charge is 0.251 e. The molecular weight excluding hydrogens is 348 g/mol. The van der Waals surface area contributed by atoms with Crippen molar-refractivity contribution in [2.45, 2.75) is 25.3 Å². The number of hydrogen-bond acceptors (Lipinski definition) is 8. The molecule has 10 heteroatoms. The first kappa shape index (κ1) is 17.1. The zero-order valence-corrected chi connectivity index (χ0v) is 14.6. The maximum atomic E-state index is 12.4. The number of methoxy groups -OCH3 is 1. The van der Waals surface area contributed by atoms with Gasteiger partial charge in [0.2, 0.25) is 15.9 Å². The number of aryl methyl sites for hydroxylation is 2. The van der Waals surface area contributed by atoms with Gasteiger partial charge in [-0.15, -0.1) is 10.2 Å². The van der Waals surface area contributed by atoms with E-state index in [-0.39, 0.29) is 34.7 Å².